The summed E-state index contributed by atoms with van der Waals surface area (Å²) >= 11 is 0. The van der Waals surface area contributed by atoms with Gasteiger partial charge in [0.1, 0.15) is 12.4 Å². The maximum Gasteiger partial charge on any atom is 0.298 e. The van der Waals surface area contributed by atoms with Crippen molar-refractivity contribution < 1.29 is 19.1 Å². The molecule has 0 spiro atoms. The van der Waals surface area contributed by atoms with E-state index in [2.05, 4.69) is 10.3 Å². The van der Waals surface area contributed by atoms with Gasteiger partial charge in [-0.25, -0.2) is 14.4 Å². The molecule has 4 rings (SSSR count). The molecule has 2 N–H and O–H groups in total. The van der Waals surface area contributed by atoms with Crippen molar-refractivity contribution >= 4 is 17.8 Å². The zero-order valence-electron chi connectivity index (χ0n) is 14.2. The number of fused-ring (bicyclic) bond motifs is 3. The fraction of sp³-hybridized carbons (Fsp3) is 0.294. The number of hydrazine groups is 1. The second-order valence-electron chi connectivity index (χ2n) is 6.30. The minimum atomic E-state index is -0.841. The normalized spacial score (nSPS) is 15.5. The van der Waals surface area contributed by atoms with Crippen LogP contribution in [-0.4, -0.2) is 44.6 Å². The van der Waals surface area contributed by atoms with Crippen LogP contribution in [0.4, 0.5) is 10.3 Å². The Morgan fingerprint density at radius 2 is 1.89 bits per heavy atom. The number of rotatable bonds is 3. The Kier molecular flexibility index (Phi) is 4.02. The number of nitrogens with zero attached hydrogens (tertiary/aromatic N) is 4. The highest BCUT2D eigenvalue weighted by molar-refractivity contribution is 5.95. The molecule has 2 aliphatic heterocycles. The van der Waals surface area contributed by atoms with Crippen molar-refractivity contribution in [3.05, 3.63) is 51.7 Å². The number of hydrogen-bond acceptors (Lipinski definition) is 6. The highest BCUT2D eigenvalue weighted by Crippen LogP contribution is 2.25. The predicted octanol–water partition coefficient (Wildman–Crippen LogP) is -0.0147. The lowest BCUT2D eigenvalue weighted by Crippen LogP contribution is -2.51. The van der Waals surface area contributed by atoms with Crippen LogP contribution in [0, 0.1) is 5.82 Å². The number of anilines is 1. The lowest BCUT2D eigenvalue weighted by molar-refractivity contribution is -0.132. The number of halogens is 1. The summed E-state index contributed by atoms with van der Waals surface area (Å²) in [5.74, 6) is -2.05. The van der Waals surface area contributed by atoms with Crippen LogP contribution in [0.15, 0.2) is 29.1 Å². The first-order valence-electron chi connectivity index (χ1n) is 8.40. The molecule has 3 heterocycles. The minimum absolute atomic E-state index is 0.0764. The van der Waals surface area contributed by atoms with Gasteiger partial charge in [0, 0.05) is 19.6 Å². The summed E-state index contributed by atoms with van der Waals surface area (Å²) in [7, 11) is 0. The molecule has 27 heavy (non-hydrogen) atoms. The Labute approximate surface area is 152 Å². The van der Waals surface area contributed by atoms with E-state index in [0.29, 0.717) is 25.1 Å². The van der Waals surface area contributed by atoms with Crippen molar-refractivity contribution in [1.82, 2.24) is 19.9 Å². The molecule has 1 saturated heterocycles. The molecule has 9 nitrogen and oxygen atoms in total. The molecule has 0 saturated carbocycles. The lowest BCUT2D eigenvalue weighted by atomic mass is 10.2. The summed E-state index contributed by atoms with van der Waals surface area (Å²) in [6.07, 6.45) is 0.717. The van der Waals surface area contributed by atoms with Gasteiger partial charge in [0.15, 0.2) is 5.69 Å². The third-order valence-corrected chi connectivity index (χ3v) is 4.55. The van der Waals surface area contributed by atoms with Crippen LogP contribution in [0.1, 0.15) is 22.5 Å². The number of hydrogen-bond donors (Lipinski definition) is 2. The van der Waals surface area contributed by atoms with Crippen LogP contribution in [0.3, 0.4) is 0 Å². The van der Waals surface area contributed by atoms with Crippen molar-refractivity contribution in [1.29, 1.82) is 0 Å². The molecule has 0 unspecified atom stereocenters. The van der Waals surface area contributed by atoms with Crippen molar-refractivity contribution in [3.8, 4) is 5.75 Å². The molecule has 0 bridgehead atoms. The molecule has 1 aromatic carbocycles. The number of nitrogens with one attached hydrogen (secondary N) is 1. The van der Waals surface area contributed by atoms with Gasteiger partial charge < -0.3 is 10.4 Å². The Bertz CT molecular complexity index is 988. The lowest BCUT2D eigenvalue weighted by Gasteiger charge is -2.34. The molecular formula is C17H16FN5O4. The van der Waals surface area contributed by atoms with E-state index in [1.54, 1.807) is 5.01 Å². The van der Waals surface area contributed by atoms with E-state index >= 15 is 0 Å². The molecule has 2 aliphatic rings. The summed E-state index contributed by atoms with van der Waals surface area (Å²) in [5, 5.41) is 15.7. The monoisotopic (exact) mass is 373 g/mol. The van der Waals surface area contributed by atoms with Crippen LogP contribution >= 0.6 is 0 Å². The van der Waals surface area contributed by atoms with Gasteiger partial charge in [-0.2, -0.15) is 0 Å². The van der Waals surface area contributed by atoms with Crippen LogP contribution in [-0.2, 0) is 17.9 Å². The number of amides is 2. The number of aromatic hydroxyl groups is 1. The van der Waals surface area contributed by atoms with Crippen LogP contribution in [0.25, 0.3) is 0 Å². The van der Waals surface area contributed by atoms with Gasteiger partial charge in [0.05, 0.1) is 0 Å². The third kappa shape index (κ3) is 2.88. The molecule has 2 amide bonds. The van der Waals surface area contributed by atoms with Gasteiger partial charge >= 0.3 is 0 Å². The Morgan fingerprint density at radius 3 is 2.63 bits per heavy atom. The Balaban J connectivity index is 1.63. The van der Waals surface area contributed by atoms with Gasteiger partial charge in [0.25, 0.3) is 17.4 Å². The zero-order chi connectivity index (χ0) is 19.1. The van der Waals surface area contributed by atoms with E-state index in [1.165, 1.54) is 29.3 Å². The second kappa shape index (κ2) is 6.38. The number of carbonyl (C=O) groups is 2. The van der Waals surface area contributed by atoms with E-state index < -0.39 is 28.7 Å². The standard InChI is InChI=1S/C17H16FN5O4/c18-11-4-2-10(3-5-11)8-19-15(26)13-14(25)16(27)21-9-12(24)22-6-1-7-23(22)17(21)20-13/h2-5,25H,1,6-9H2,(H,19,26). The molecule has 2 aromatic rings. The molecule has 1 fully saturated rings. The maximum absolute atomic E-state index is 12.9. The first-order valence-corrected chi connectivity index (χ1v) is 8.40. The predicted molar refractivity (Wildman–Crippen MR) is 91.4 cm³/mol. The highest BCUT2D eigenvalue weighted by Gasteiger charge is 2.37. The molecule has 10 heteroatoms. The average molecular weight is 373 g/mol. The molecule has 140 valence electrons. The van der Waals surface area contributed by atoms with E-state index in [4.69, 9.17) is 0 Å². The van der Waals surface area contributed by atoms with Crippen molar-refractivity contribution in [3.63, 3.8) is 0 Å². The summed E-state index contributed by atoms with van der Waals surface area (Å²) in [6.45, 7) is 0.844. The van der Waals surface area contributed by atoms with Crippen LogP contribution in [0.5, 0.6) is 5.75 Å². The van der Waals surface area contributed by atoms with E-state index in [0.717, 1.165) is 4.57 Å². The van der Waals surface area contributed by atoms with Gasteiger partial charge in [-0.3, -0.25) is 24.0 Å². The maximum atomic E-state index is 12.9. The van der Waals surface area contributed by atoms with E-state index in [1.807, 2.05) is 0 Å². The SMILES string of the molecule is O=C(NCc1ccc(F)cc1)c1nc2n(c(=O)c1O)CC(=O)N1CCCN21. The summed E-state index contributed by atoms with van der Waals surface area (Å²) in [6, 6.07) is 5.56. The third-order valence-electron chi connectivity index (χ3n) is 4.55. The topological polar surface area (TPSA) is 108 Å². The Morgan fingerprint density at radius 1 is 1.19 bits per heavy atom. The van der Waals surface area contributed by atoms with Crippen LogP contribution < -0.4 is 15.9 Å². The first kappa shape index (κ1) is 17.0. The smallest absolute Gasteiger partial charge is 0.298 e. The molecule has 0 aliphatic carbocycles. The van der Waals surface area contributed by atoms with E-state index in [-0.39, 0.29) is 24.9 Å². The summed E-state index contributed by atoms with van der Waals surface area (Å²) < 4.78 is 14.0. The second-order valence-corrected chi connectivity index (χ2v) is 6.30. The fourth-order valence-corrected chi connectivity index (χ4v) is 3.20. The average Bonchev–Trinajstić information content (AvgIpc) is 3.15. The molecule has 1 aromatic heterocycles. The molecule has 0 radical (unpaired) electrons. The number of aromatic nitrogens is 2. The Hall–Kier alpha value is -3.43. The van der Waals surface area contributed by atoms with Gasteiger partial charge in [-0.05, 0) is 24.1 Å². The zero-order valence-corrected chi connectivity index (χ0v) is 14.2. The van der Waals surface area contributed by atoms with Crippen molar-refractivity contribution in [2.75, 3.05) is 18.1 Å². The fourth-order valence-electron chi connectivity index (χ4n) is 3.20. The van der Waals surface area contributed by atoms with Gasteiger partial charge in [-0.1, -0.05) is 12.1 Å². The van der Waals surface area contributed by atoms with Crippen molar-refractivity contribution in [2.24, 2.45) is 0 Å². The molecular weight excluding hydrogens is 357 g/mol. The van der Waals surface area contributed by atoms with Gasteiger partial charge in [-0.15, -0.1) is 0 Å². The number of carbonyl (C=O) groups excluding carboxylic acids is 2. The number of benzene rings is 1. The first-order chi connectivity index (χ1) is 13.0. The largest absolute Gasteiger partial charge is 0.501 e. The van der Waals surface area contributed by atoms with Crippen molar-refractivity contribution in [2.45, 2.75) is 19.5 Å². The quantitative estimate of drug-likeness (QED) is 0.783. The molecule has 0 atom stereocenters. The van der Waals surface area contributed by atoms with E-state index in [9.17, 15) is 23.9 Å². The summed E-state index contributed by atoms with van der Waals surface area (Å²) in [5.41, 5.74) is -0.600. The minimum Gasteiger partial charge on any atom is -0.501 e. The summed E-state index contributed by atoms with van der Waals surface area (Å²) in [4.78, 5) is 41.1. The van der Waals surface area contributed by atoms with Gasteiger partial charge in [0.2, 0.25) is 11.7 Å². The van der Waals surface area contributed by atoms with Crippen LogP contribution in [0.2, 0.25) is 0 Å². The highest BCUT2D eigenvalue weighted by atomic mass is 19.1.